The Morgan fingerprint density at radius 2 is 1.96 bits per heavy atom. The summed E-state index contributed by atoms with van der Waals surface area (Å²) in [5.74, 6) is 0.871. The van der Waals surface area contributed by atoms with Gasteiger partial charge >= 0.3 is 0 Å². The zero-order valence-electron chi connectivity index (χ0n) is 13.1. The number of rotatable bonds is 4. The molecule has 2 aromatic carbocycles. The molecule has 0 radical (unpaired) electrons. The zero-order valence-corrected chi connectivity index (χ0v) is 14.7. The minimum absolute atomic E-state index is 0. The number of ether oxygens (including phenoxy) is 1. The number of nitrogens with one attached hydrogen (secondary N) is 1. The van der Waals surface area contributed by atoms with Gasteiger partial charge in [0.25, 0.3) is 0 Å². The standard InChI is InChI=1S/C18H18ClN3O.ClH/c19-18-16-5-1-2-6-17(16)21-22(18)14-7-9-15(10-8-14)23-12-13-4-3-11-20-13;/h1-2,5-10,13,20H,3-4,11-12H2;1H. The van der Waals surface area contributed by atoms with Gasteiger partial charge in [-0.1, -0.05) is 23.7 Å². The summed E-state index contributed by atoms with van der Waals surface area (Å²) in [4.78, 5) is 0. The summed E-state index contributed by atoms with van der Waals surface area (Å²) in [6.07, 6.45) is 2.42. The molecule has 6 heteroatoms. The maximum absolute atomic E-state index is 6.44. The van der Waals surface area contributed by atoms with Crippen LogP contribution in [0.15, 0.2) is 48.5 Å². The van der Waals surface area contributed by atoms with Gasteiger partial charge in [-0.05, 0) is 55.8 Å². The van der Waals surface area contributed by atoms with Crippen molar-refractivity contribution >= 4 is 34.9 Å². The van der Waals surface area contributed by atoms with Crippen LogP contribution in [0.2, 0.25) is 5.15 Å². The lowest BCUT2D eigenvalue weighted by molar-refractivity contribution is 0.277. The first-order valence-corrected chi connectivity index (χ1v) is 8.29. The maximum atomic E-state index is 6.44. The molecular weight excluding hydrogens is 345 g/mol. The molecule has 3 aromatic rings. The van der Waals surface area contributed by atoms with Crippen LogP contribution >= 0.6 is 24.0 Å². The molecule has 1 aliphatic rings. The number of aromatic nitrogens is 2. The van der Waals surface area contributed by atoms with Crippen LogP contribution in [0.3, 0.4) is 0 Å². The highest BCUT2D eigenvalue weighted by Gasteiger charge is 2.14. The first-order chi connectivity index (χ1) is 11.3. The number of halogens is 2. The molecule has 1 fully saturated rings. The van der Waals surface area contributed by atoms with Gasteiger partial charge < -0.3 is 10.1 Å². The van der Waals surface area contributed by atoms with E-state index in [1.807, 2.05) is 48.5 Å². The van der Waals surface area contributed by atoms with Crippen LogP contribution in [-0.2, 0) is 0 Å². The SMILES string of the molecule is Cl.Clc1c2ccccc2nn1-c1ccc(OCC2CCCN2)cc1. The maximum Gasteiger partial charge on any atom is 0.140 e. The average molecular weight is 364 g/mol. The van der Waals surface area contributed by atoms with Crippen LogP contribution in [0.1, 0.15) is 12.8 Å². The lowest BCUT2D eigenvalue weighted by Gasteiger charge is -2.12. The quantitative estimate of drug-likeness (QED) is 0.753. The lowest BCUT2D eigenvalue weighted by Crippen LogP contribution is -2.28. The number of hydrogen-bond acceptors (Lipinski definition) is 3. The molecule has 0 bridgehead atoms. The van der Waals surface area contributed by atoms with Gasteiger partial charge in [-0.3, -0.25) is 0 Å². The Balaban J connectivity index is 0.00000169. The van der Waals surface area contributed by atoms with Crippen molar-refractivity contribution in [2.24, 2.45) is 0 Å². The van der Waals surface area contributed by atoms with E-state index in [2.05, 4.69) is 10.4 Å². The van der Waals surface area contributed by atoms with Crippen LogP contribution in [0.5, 0.6) is 5.75 Å². The van der Waals surface area contributed by atoms with E-state index >= 15 is 0 Å². The van der Waals surface area contributed by atoms with Crippen LogP contribution in [0.4, 0.5) is 0 Å². The number of fused-ring (bicyclic) bond motifs is 1. The molecule has 126 valence electrons. The predicted octanol–water partition coefficient (Wildman–Crippen LogP) is 4.23. The van der Waals surface area contributed by atoms with Gasteiger partial charge in [0.05, 0.1) is 11.2 Å². The molecule has 2 heterocycles. The molecule has 1 atom stereocenters. The molecule has 1 aliphatic heterocycles. The van der Waals surface area contributed by atoms with E-state index in [9.17, 15) is 0 Å². The van der Waals surface area contributed by atoms with Gasteiger partial charge in [-0.2, -0.15) is 5.10 Å². The minimum atomic E-state index is 0. The fourth-order valence-electron chi connectivity index (χ4n) is 2.95. The summed E-state index contributed by atoms with van der Waals surface area (Å²) in [6, 6.07) is 16.2. The van der Waals surface area contributed by atoms with Crippen molar-refractivity contribution in [3.8, 4) is 11.4 Å². The van der Waals surface area contributed by atoms with E-state index in [0.717, 1.165) is 28.9 Å². The summed E-state index contributed by atoms with van der Waals surface area (Å²) in [6.45, 7) is 1.81. The molecular formula is C18H19Cl2N3O. The van der Waals surface area contributed by atoms with E-state index < -0.39 is 0 Å². The second kappa shape index (κ2) is 7.43. The predicted molar refractivity (Wildman–Crippen MR) is 99.8 cm³/mol. The van der Waals surface area contributed by atoms with Crippen molar-refractivity contribution < 1.29 is 4.74 Å². The van der Waals surface area contributed by atoms with Gasteiger partial charge in [0.15, 0.2) is 0 Å². The highest BCUT2D eigenvalue weighted by molar-refractivity contribution is 6.34. The molecule has 0 saturated carbocycles. The molecule has 0 aliphatic carbocycles. The second-order valence-corrected chi connectivity index (χ2v) is 6.18. The Morgan fingerprint density at radius 3 is 2.67 bits per heavy atom. The molecule has 0 spiro atoms. The largest absolute Gasteiger partial charge is 0.492 e. The highest BCUT2D eigenvalue weighted by Crippen LogP contribution is 2.26. The van der Waals surface area contributed by atoms with Crippen molar-refractivity contribution in [1.82, 2.24) is 15.1 Å². The number of nitrogens with zero attached hydrogens (tertiary/aromatic N) is 2. The summed E-state index contributed by atoms with van der Waals surface area (Å²) in [5, 5.41) is 9.57. The van der Waals surface area contributed by atoms with Crippen molar-refractivity contribution in [3.63, 3.8) is 0 Å². The second-order valence-electron chi connectivity index (χ2n) is 5.82. The van der Waals surface area contributed by atoms with Crippen molar-refractivity contribution in [3.05, 3.63) is 53.7 Å². The molecule has 1 unspecified atom stereocenters. The topological polar surface area (TPSA) is 39.1 Å². The van der Waals surface area contributed by atoms with Crippen molar-refractivity contribution in [2.45, 2.75) is 18.9 Å². The fraction of sp³-hybridized carbons (Fsp3) is 0.278. The van der Waals surface area contributed by atoms with E-state index in [1.165, 1.54) is 12.8 Å². The third-order valence-corrected chi connectivity index (χ3v) is 4.58. The molecule has 24 heavy (non-hydrogen) atoms. The molecule has 1 aromatic heterocycles. The Bertz CT molecular complexity index is 811. The lowest BCUT2D eigenvalue weighted by atomic mass is 10.2. The van der Waals surface area contributed by atoms with Gasteiger partial charge in [0.2, 0.25) is 0 Å². The average Bonchev–Trinajstić information content (AvgIpc) is 3.22. The molecule has 4 nitrogen and oxygen atoms in total. The van der Waals surface area contributed by atoms with E-state index in [4.69, 9.17) is 16.3 Å². The third kappa shape index (κ3) is 3.36. The summed E-state index contributed by atoms with van der Waals surface area (Å²) in [7, 11) is 0. The van der Waals surface area contributed by atoms with Crippen LogP contribution in [-0.4, -0.2) is 29.0 Å². The summed E-state index contributed by atoms with van der Waals surface area (Å²) in [5.41, 5.74) is 1.82. The normalized spacial score (nSPS) is 17.0. The highest BCUT2D eigenvalue weighted by atomic mass is 35.5. The zero-order chi connectivity index (χ0) is 15.6. The molecule has 1 N–H and O–H groups in total. The van der Waals surface area contributed by atoms with Crippen molar-refractivity contribution in [1.29, 1.82) is 0 Å². The molecule has 0 amide bonds. The van der Waals surface area contributed by atoms with E-state index in [-0.39, 0.29) is 12.4 Å². The first kappa shape index (κ1) is 17.1. The summed E-state index contributed by atoms with van der Waals surface area (Å²) >= 11 is 6.44. The van der Waals surface area contributed by atoms with Crippen LogP contribution < -0.4 is 10.1 Å². The van der Waals surface area contributed by atoms with Crippen molar-refractivity contribution in [2.75, 3.05) is 13.2 Å². The monoisotopic (exact) mass is 363 g/mol. The van der Waals surface area contributed by atoms with Gasteiger partial charge in [-0.15, -0.1) is 12.4 Å². The van der Waals surface area contributed by atoms with Crippen LogP contribution in [0.25, 0.3) is 16.6 Å². The van der Waals surface area contributed by atoms with Gasteiger partial charge in [0, 0.05) is 11.4 Å². The minimum Gasteiger partial charge on any atom is -0.492 e. The number of benzene rings is 2. The van der Waals surface area contributed by atoms with E-state index in [0.29, 0.717) is 17.8 Å². The van der Waals surface area contributed by atoms with Gasteiger partial charge in [-0.25, -0.2) is 4.68 Å². The molecule has 4 rings (SSSR count). The number of hydrogen-bond donors (Lipinski definition) is 1. The Kier molecular flexibility index (Phi) is 5.29. The molecule has 1 saturated heterocycles. The first-order valence-electron chi connectivity index (χ1n) is 7.91. The fourth-order valence-corrected chi connectivity index (χ4v) is 3.25. The van der Waals surface area contributed by atoms with E-state index in [1.54, 1.807) is 4.68 Å². The third-order valence-electron chi connectivity index (χ3n) is 4.21. The Labute approximate surface area is 152 Å². The smallest absolute Gasteiger partial charge is 0.140 e. The van der Waals surface area contributed by atoms with Crippen LogP contribution in [0, 0.1) is 0 Å². The Hall–Kier alpha value is -1.75. The Morgan fingerprint density at radius 1 is 1.17 bits per heavy atom. The summed E-state index contributed by atoms with van der Waals surface area (Å²) < 4.78 is 7.60. The van der Waals surface area contributed by atoms with Gasteiger partial charge in [0.1, 0.15) is 17.5 Å².